The molecular formula is C26H40O2. The third-order valence-electron chi connectivity index (χ3n) is 4.13. The Labute approximate surface area is 173 Å². The summed E-state index contributed by atoms with van der Waals surface area (Å²) < 4.78 is 5.08. The third kappa shape index (κ3) is 17.3. The topological polar surface area (TPSA) is 26.3 Å². The first-order valence-electron chi connectivity index (χ1n) is 10.8. The minimum absolute atomic E-state index is 0.00967. The zero-order chi connectivity index (χ0) is 20.7. The molecule has 0 unspecified atom stereocenters. The number of hydrogen-bond acceptors (Lipinski definition) is 2. The highest BCUT2D eigenvalue weighted by Crippen LogP contribution is 2.11. The number of esters is 1. The van der Waals surface area contributed by atoms with Gasteiger partial charge in [0.15, 0.2) is 0 Å². The second kappa shape index (κ2) is 21.2. The fraction of sp³-hybridized carbons (Fsp3) is 0.500. The maximum atomic E-state index is 11.7. The van der Waals surface area contributed by atoms with E-state index in [-0.39, 0.29) is 11.9 Å². The van der Waals surface area contributed by atoms with Crippen molar-refractivity contribution in [3.8, 4) is 0 Å². The molecule has 0 spiro atoms. The van der Waals surface area contributed by atoms with E-state index in [0.717, 1.165) is 51.4 Å². The Balaban J connectivity index is 3.74. The van der Waals surface area contributed by atoms with Crippen molar-refractivity contribution >= 4 is 5.97 Å². The summed E-state index contributed by atoms with van der Waals surface area (Å²) in [5, 5.41) is 0. The zero-order valence-corrected chi connectivity index (χ0v) is 18.2. The van der Waals surface area contributed by atoms with Crippen LogP contribution in [0, 0.1) is 5.92 Å². The molecular weight excluding hydrogens is 344 g/mol. The second-order valence-electron chi connectivity index (χ2n) is 6.51. The van der Waals surface area contributed by atoms with Gasteiger partial charge in [0.25, 0.3) is 0 Å². The summed E-state index contributed by atoms with van der Waals surface area (Å²) in [6.07, 6.45) is 33.8. The molecule has 0 bridgehead atoms. The summed E-state index contributed by atoms with van der Waals surface area (Å²) in [6, 6.07) is 0. The van der Waals surface area contributed by atoms with Crippen molar-refractivity contribution in [2.24, 2.45) is 5.92 Å². The highest BCUT2D eigenvalue weighted by atomic mass is 16.5. The first-order valence-corrected chi connectivity index (χ1v) is 10.8. The lowest BCUT2D eigenvalue weighted by Gasteiger charge is -2.10. The van der Waals surface area contributed by atoms with Crippen molar-refractivity contribution in [3.63, 3.8) is 0 Å². The lowest BCUT2D eigenvalue weighted by Crippen LogP contribution is -2.16. The first kappa shape index (κ1) is 25.9. The van der Waals surface area contributed by atoms with Gasteiger partial charge in [-0.2, -0.15) is 0 Å². The molecule has 0 aromatic carbocycles. The maximum absolute atomic E-state index is 11.7. The van der Waals surface area contributed by atoms with Crippen LogP contribution in [0.25, 0.3) is 0 Å². The van der Waals surface area contributed by atoms with E-state index in [2.05, 4.69) is 79.8 Å². The Hall–Kier alpha value is -2.09. The van der Waals surface area contributed by atoms with Crippen LogP contribution in [0.3, 0.4) is 0 Å². The van der Waals surface area contributed by atoms with E-state index >= 15 is 0 Å². The van der Waals surface area contributed by atoms with Crippen molar-refractivity contribution in [2.45, 2.75) is 72.1 Å². The van der Waals surface area contributed by atoms with Gasteiger partial charge >= 0.3 is 5.97 Å². The molecule has 0 radical (unpaired) electrons. The van der Waals surface area contributed by atoms with Crippen LogP contribution in [0.1, 0.15) is 72.1 Å². The van der Waals surface area contributed by atoms with Gasteiger partial charge in [0.2, 0.25) is 0 Å². The van der Waals surface area contributed by atoms with Gasteiger partial charge < -0.3 is 4.74 Å². The van der Waals surface area contributed by atoms with Crippen LogP contribution < -0.4 is 0 Å². The van der Waals surface area contributed by atoms with Crippen LogP contribution in [0.5, 0.6) is 0 Å². The summed E-state index contributed by atoms with van der Waals surface area (Å²) in [6.45, 7) is 6.49. The van der Waals surface area contributed by atoms with E-state index in [1.54, 1.807) is 0 Å². The number of rotatable bonds is 16. The molecule has 0 rings (SSSR count). The Morgan fingerprint density at radius 3 is 1.39 bits per heavy atom. The number of ether oxygens (including phenoxy) is 1. The predicted molar refractivity (Wildman–Crippen MR) is 123 cm³/mol. The Bertz CT molecular complexity index is 533. The molecule has 0 amide bonds. The summed E-state index contributed by atoms with van der Waals surface area (Å²) in [7, 11) is 0. The molecule has 2 nitrogen and oxygen atoms in total. The molecule has 156 valence electrons. The number of hydrogen-bond donors (Lipinski definition) is 0. The fourth-order valence-electron chi connectivity index (χ4n) is 2.47. The van der Waals surface area contributed by atoms with Gasteiger partial charge in [0, 0.05) is 0 Å². The smallest absolute Gasteiger partial charge is 0.309 e. The number of carbonyl (C=O) groups excluding carboxylic acids is 1. The predicted octanol–water partition coefficient (Wildman–Crippen LogP) is 7.66. The number of carbonyl (C=O) groups is 1. The maximum Gasteiger partial charge on any atom is 0.309 e. The number of allylic oxidation sites excluding steroid dienone is 12. The first-order chi connectivity index (χ1) is 13.8. The molecule has 0 saturated heterocycles. The lowest BCUT2D eigenvalue weighted by molar-refractivity contribution is -0.148. The molecule has 0 aromatic heterocycles. The molecule has 2 heteroatoms. The summed E-state index contributed by atoms with van der Waals surface area (Å²) in [5.41, 5.74) is 0. The van der Waals surface area contributed by atoms with Gasteiger partial charge in [0.1, 0.15) is 0 Å². The molecule has 0 aliphatic carbocycles. The highest BCUT2D eigenvalue weighted by molar-refractivity contribution is 5.72. The van der Waals surface area contributed by atoms with Gasteiger partial charge in [-0.1, -0.05) is 86.8 Å². The fourth-order valence-corrected chi connectivity index (χ4v) is 2.47. The van der Waals surface area contributed by atoms with Crippen LogP contribution in [-0.2, 0) is 9.53 Å². The molecule has 0 fully saturated rings. The van der Waals surface area contributed by atoms with Gasteiger partial charge in [-0.3, -0.25) is 4.79 Å². The Kier molecular flexibility index (Phi) is 19.6. The minimum Gasteiger partial charge on any atom is -0.466 e. The van der Waals surface area contributed by atoms with Crippen LogP contribution >= 0.6 is 0 Å². The highest BCUT2D eigenvalue weighted by Gasteiger charge is 2.15. The van der Waals surface area contributed by atoms with E-state index < -0.39 is 0 Å². The summed E-state index contributed by atoms with van der Waals surface area (Å²) in [5.74, 6) is -0.0888. The van der Waals surface area contributed by atoms with Crippen molar-refractivity contribution in [1.82, 2.24) is 0 Å². The van der Waals surface area contributed by atoms with Crippen LogP contribution in [0.4, 0.5) is 0 Å². The molecule has 0 saturated carbocycles. The van der Waals surface area contributed by atoms with Gasteiger partial charge in [0.05, 0.1) is 12.5 Å². The van der Waals surface area contributed by atoms with E-state index in [9.17, 15) is 4.79 Å². The average Bonchev–Trinajstić information content (AvgIpc) is 2.70. The SMILES string of the molecule is CC/C=C\C/C=C\C/C=C\C/C=C\C/C=C\C/C=C\C[C@@H](CC)C(=O)OCC. The normalized spacial score (nSPS) is 14.0. The average molecular weight is 385 g/mol. The molecule has 1 atom stereocenters. The molecule has 0 N–H and O–H groups in total. The Morgan fingerprint density at radius 2 is 1.04 bits per heavy atom. The van der Waals surface area contributed by atoms with Crippen molar-refractivity contribution in [3.05, 3.63) is 72.9 Å². The second-order valence-corrected chi connectivity index (χ2v) is 6.51. The van der Waals surface area contributed by atoms with Crippen molar-refractivity contribution < 1.29 is 9.53 Å². The van der Waals surface area contributed by atoms with Crippen molar-refractivity contribution in [2.75, 3.05) is 6.61 Å². The monoisotopic (exact) mass is 384 g/mol. The van der Waals surface area contributed by atoms with Crippen molar-refractivity contribution in [1.29, 1.82) is 0 Å². The quantitative estimate of drug-likeness (QED) is 0.202. The summed E-state index contributed by atoms with van der Waals surface area (Å²) in [4.78, 5) is 11.7. The third-order valence-corrected chi connectivity index (χ3v) is 4.13. The van der Waals surface area contributed by atoms with Crippen LogP contribution in [-0.4, -0.2) is 12.6 Å². The van der Waals surface area contributed by atoms with E-state index in [0.29, 0.717) is 6.61 Å². The lowest BCUT2D eigenvalue weighted by atomic mass is 10.0. The molecule has 0 aromatic rings. The van der Waals surface area contributed by atoms with E-state index in [1.807, 2.05) is 13.8 Å². The zero-order valence-electron chi connectivity index (χ0n) is 18.2. The molecule has 0 aliphatic heterocycles. The molecule has 0 heterocycles. The Morgan fingerprint density at radius 1 is 0.643 bits per heavy atom. The summed E-state index contributed by atoms with van der Waals surface area (Å²) >= 11 is 0. The largest absolute Gasteiger partial charge is 0.466 e. The molecule has 0 aliphatic rings. The van der Waals surface area contributed by atoms with Crippen LogP contribution in [0.15, 0.2) is 72.9 Å². The van der Waals surface area contributed by atoms with Crippen LogP contribution in [0.2, 0.25) is 0 Å². The van der Waals surface area contributed by atoms with E-state index in [1.165, 1.54) is 0 Å². The van der Waals surface area contributed by atoms with Gasteiger partial charge in [-0.05, 0) is 58.3 Å². The van der Waals surface area contributed by atoms with Gasteiger partial charge in [-0.25, -0.2) is 0 Å². The minimum atomic E-state index is -0.0791. The van der Waals surface area contributed by atoms with Gasteiger partial charge in [-0.15, -0.1) is 0 Å². The standard InChI is InChI=1S/C26H40O2/c1-4-7-8-9-10-11-12-13-14-15-16-17-18-19-20-21-22-23-24-25(5-2)26(27)28-6-3/h7-8,10-11,13-14,16-17,19-20,22-23,25H,4-6,9,12,15,18,21,24H2,1-3H3/b8-7-,11-10-,14-13-,17-16-,20-19-,23-22-/t25-/m1/s1. The van der Waals surface area contributed by atoms with E-state index in [4.69, 9.17) is 4.74 Å². The molecule has 28 heavy (non-hydrogen) atoms.